The highest BCUT2D eigenvalue weighted by Gasteiger charge is 2.32. The molecule has 0 bridgehead atoms. The van der Waals surface area contributed by atoms with Gasteiger partial charge in [-0.25, -0.2) is 14.5 Å². The molecule has 1 N–H and O–H groups in total. The Morgan fingerprint density at radius 2 is 1.81 bits per heavy atom. The number of halogens is 3. The Kier molecular flexibility index (Phi) is 8.57. The summed E-state index contributed by atoms with van der Waals surface area (Å²) in [5.74, 6) is 0.241. The summed E-state index contributed by atoms with van der Waals surface area (Å²) in [5.41, 5.74) is 3.99. The number of amidine groups is 1. The van der Waals surface area contributed by atoms with Gasteiger partial charge >= 0.3 is 12.4 Å². The second-order valence-corrected chi connectivity index (χ2v) is 10.1. The van der Waals surface area contributed by atoms with E-state index in [1.165, 1.54) is 51.9 Å². The average molecular weight is 595 g/mol. The third kappa shape index (κ3) is 6.97. The number of hydrogen-bond donors (Lipinski definition) is 1. The largest absolute Gasteiger partial charge is 0.573 e. The fourth-order valence-electron chi connectivity index (χ4n) is 4.29. The van der Waals surface area contributed by atoms with Crippen LogP contribution in [0.4, 0.5) is 23.7 Å². The van der Waals surface area contributed by atoms with Crippen LogP contribution in [0.2, 0.25) is 0 Å². The van der Waals surface area contributed by atoms with Crippen LogP contribution in [0, 0.1) is 0 Å². The first-order chi connectivity index (χ1) is 20.2. The Hall–Kier alpha value is -4.65. The minimum Gasteiger partial charge on any atom is -0.406 e. The van der Waals surface area contributed by atoms with Crippen LogP contribution in [0.5, 0.6) is 5.75 Å². The molecule has 0 unspecified atom stereocenters. The van der Waals surface area contributed by atoms with E-state index in [-0.39, 0.29) is 17.4 Å². The van der Waals surface area contributed by atoms with Crippen LogP contribution in [0.25, 0.3) is 17.1 Å². The number of aryl methyl sites for hydroxylation is 1. The minimum atomic E-state index is -4.76. The van der Waals surface area contributed by atoms with E-state index in [4.69, 9.17) is 0 Å². The van der Waals surface area contributed by atoms with Gasteiger partial charge in [0.15, 0.2) is 11.0 Å². The number of urea groups is 1. The van der Waals surface area contributed by atoms with Crippen molar-refractivity contribution < 1.29 is 27.5 Å². The number of aliphatic imine (C=N–C) groups is 1. The molecular formula is C29H25F3N6O3S. The van der Waals surface area contributed by atoms with Crippen molar-refractivity contribution in [3.63, 3.8) is 0 Å². The van der Waals surface area contributed by atoms with E-state index < -0.39 is 12.4 Å². The topological polar surface area (TPSA) is 102 Å². The number of carbonyl (C=O) groups excluding carboxylic acids is 2. The van der Waals surface area contributed by atoms with Crippen LogP contribution in [-0.2, 0) is 17.6 Å². The van der Waals surface area contributed by atoms with Crippen molar-refractivity contribution in [2.75, 3.05) is 17.2 Å². The van der Waals surface area contributed by atoms with Crippen LogP contribution in [-0.4, -0.2) is 50.5 Å². The van der Waals surface area contributed by atoms with E-state index in [9.17, 15) is 22.8 Å². The number of benzene rings is 3. The molecule has 3 amide bonds. The van der Waals surface area contributed by atoms with E-state index in [0.29, 0.717) is 29.6 Å². The van der Waals surface area contributed by atoms with Gasteiger partial charge in [0.05, 0.1) is 17.1 Å². The lowest BCUT2D eigenvalue weighted by atomic mass is 10.1. The van der Waals surface area contributed by atoms with E-state index >= 15 is 0 Å². The lowest BCUT2D eigenvalue weighted by molar-refractivity contribution is -0.274. The summed E-state index contributed by atoms with van der Waals surface area (Å²) in [6, 6.07) is 19.9. The van der Waals surface area contributed by atoms with Crippen LogP contribution in [0.15, 0.2) is 84.1 Å². The second-order valence-electron chi connectivity index (χ2n) is 9.13. The fraction of sp³-hybridized carbons (Fsp3) is 0.207. The molecule has 1 saturated heterocycles. The van der Waals surface area contributed by atoms with Crippen LogP contribution in [0.3, 0.4) is 0 Å². The van der Waals surface area contributed by atoms with Crippen molar-refractivity contribution in [1.29, 1.82) is 0 Å². The molecule has 9 nitrogen and oxygen atoms in total. The molecule has 4 aromatic rings. The summed E-state index contributed by atoms with van der Waals surface area (Å²) in [6.07, 6.45) is -1.98. The summed E-state index contributed by atoms with van der Waals surface area (Å²) in [6.45, 7) is 2.36. The van der Waals surface area contributed by atoms with Gasteiger partial charge in [-0.3, -0.25) is 9.69 Å². The number of nitrogens with zero attached hydrogens (tertiary/aromatic N) is 5. The summed E-state index contributed by atoms with van der Waals surface area (Å²) in [4.78, 5) is 35.0. The number of ether oxygens (including phenoxy) is 1. The number of rotatable bonds is 8. The highest BCUT2D eigenvalue weighted by molar-refractivity contribution is 8.15. The number of nitrogens with one attached hydrogen (secondary N) is 1. The zero-order chi connectivity index (χ0) is 29.7. The number of carbonyl (C=O) groups is 2. The Morgan fingerprint density at radius 3 is 2.52 bits per heavy atom. The van der Waals surface area contributed by atoms with Gasteiger partial charge in [-0.2, -0.15) is 4.99 Å². The maximum absolute atomic E-state index is 12.5. The summed E-state index contributed by atoms with van der Waals surface area (Å²) in [5, 5.41) is 7.55. The number of amides is 3. The molecule has 1 aliphatic heterocycles. The molecule has 1 aliphatic rings. The first-order valence-electron chi connectivity index (χ1n) is 13.0. The standard InChI is InChI=1S/C29H25F3N6O3S/c1-2-20-5-3-4-6-24(20)38-25(39)17-42-28(38)35-27(40)33-16-15-19-7-9-21(10-8-19)26-34-18-37(36-26)22-11-13-23(14-12-22)41-29(30,31)32/h3-14,18H,2,15-17H2,1H3,(H,33,40). The summed E-state index contributed by atoms with van der Waals surface area (Å²) in [7, 11) is 0. The Morgan fingerprint density at radius 1 is 1.07 bits per heavy atom. The third-order valence-corrected chi connectivity index (χ3v) is 7.23. The summed E-state index contributed by atoms with van der Waals surface area (Å²) < 4.78 is 42.5. The number of anilines is 1. The zero-order valence-electron chi connectivity index (χ0n) is 22.3. The molecule has 216 valence electrons. The van der Waals surface area contributed by atoms with Crippen molar-refractivity contribution >= 4 is 34.6 Å². The maximum atomic E-state index is 12.5. The van der Waals surface area contributed by atoms with Gasteiger partial charge in [-0.15, -0.1) is 18.3 Å². The van der Waals surface area contributed by atoms with Gasteiger partial charge in [0, 0.05) is 12.1 Å². The number of thioether (sulfide) groups is 1. The maximum Gasteiger partial charge on any atom is 0.573 e. The van der Waals surface area contributed by atoms with Crippen molar-refractivity contribution in [3.05, 3.63) is 90.3 Å². The number of aromatic nitrogens is 3. The minimum absolute atomic E-state index is 0.111. The Bertz CT molecular complexity index is 1600. The number of alkyl halides is 3. The molecule has 0 radical (unpaired) electrons. The van der Waals surface area contributed by atoms with Gasteiger partial charge in [0.25, 0.3) is 0 Å². The predicted molar refractivity (Wildman–Crippen MR) is 154 cm³/mol. The quantitative estimate of drug-likeness (QED) is 0.277. The summed E-state index contributed by atoms with van der Waals surface area (Å²) >= 11 is 1.24. The van der Waals surface area contributed by atoms with Gasteiger partial charge in [0.1, 0.15) is 12.1 Å². The number of hydrogen-bond acceptors (Lipinski definition) is 6. The molecule has 0 spiro atoms. The molecule has 0 aliphatic carbocycles. The van der Waals surface area contributed by atoms with Crippen LogP contribution in [0.1, 0.15) is 18.1 Å². The Balaban J connectivity index is 1.16. The highest BCUT2D eigenvalue weighted by Crippen LogP contribution is 2.30. The fourth-order valence-corrected chi connectivity index (χ4v) is 5.15. The molecule has 13 heteroatoms. The first-order valence-corrected chi connectivity index (χ1v) is 14.0. The molecule has 5 rings (SSSR count). The van der Waals surface area contributed by atoms with Gasteiger partial charge in [0.2, 0.25) is 5.91 Å². The second kappa shape index (κ2) is 12.5. The first kappa shape index (κ1) is 28.9. The molecule has 42 heavy (non-hydrogen) atoms. The smallest absolute Gasteiger partial charge is 0.406 e. The van der Waals surface area contributed by atoms with Crippen LogP contribution < -0.4 is 15.0 Å². The van der Waals surface area contributed by atoms with E-state index in [0.717, 1.165) is 28.8 Å². The highest BCUT2D eigenvalue weighted by atomic mass is 32.2. The van der Waals surface area contributed by atoms with Crippen molar-refractivity contribution in [1.82, 2.24) is 20.1 Å². The van der Waals surface area contributed by atoms with Crippen molar-refractivity contribution in [2.24, 2.45) is 4.99 Å². The van der Waals surface area contributed by atoms with E-state index in [1.807, 2.05) is 55.5 Å². The monoisotopic (exact) mass is 594 g/mol. The number of para-hydroxylation sites is 1. The normalized spacial score (nSPS) is 14.4. The zero-order valence-corrected chi connectivity index (χ0v) is 23.2. The van der Waals surface area contributed by atoms with Gasteiger partial charge < -0.3 is 10.1 Å². The van der Waals surface area contributed by atoms with Crippen LogP contribution >= 0.6 is 11.8 Å². The average Bonchev–Trinajstić information content (AvgIpc) is 3.60. The molecule has 2 heterocycles. The SMILES string of the molecule is CCc1ccccc1N1C(=O)CSC1=NC(=O)NCCc1ccc(-c2ncn(-c3ccc(OC(F)(F)F)cc3)n2)cc1. The van der Waals surface area contributed by atoms with Gasteiger partial charge in [-0.05, 0) is 54.3 Å². The van der Waals surface area contributed by atoms with E-state index in [1.54, 1.807) is 0 Å². The molecular weight excluding hydrogens is 569 g/mol. The van der Waals surface area contributed by atoms with E-state index in [2.05, 4.69) is 25.1 Å². The predicted octanol–water partition coefficient (Wildman–Crippen LogP) is 5.78. The van der Waals surface area contributed by atoms with Gasteiger partial charge in [-0.1, -0.05) is 61.2 Å². The van der Waals surface area contributed by atoms with Crippen molar-refractivity contribution in [2.45, 2.75) is 26.1 Å². The molecule has 0 atom stereocenters. The Labute approximate surface area is 243 Å². The lowest BCUT2D eigenvalue weighted by Crippen LogP contribution is -2.32. The lowest BCUT2D eigenvalue weighted by Gasteiger charge is -2.19. The van der Waals surface area contributed by atoms with Crippen molar-refractivity contribution in [3.8, 4) is 22.8 Å². The molecule has 1 fully saturated rings. The molecule has 1 aromatic heterocycles. The third-order valence-electron chi connectivity index (χ3n) is 6.30. The molecule has 3 aromatic carbocycles. The molecule has 0 saturated carbocycles.